The lowest BCUT2D eigenvalue weighted by molar-refractivity contribution is 0.452. The first-order valence-corrected chi connectivity index (χ1v) is 9.09. The van der Waals surface area contributed by atoms with Crippen molar-refractivity contribution in [3.63, 3.8) is 0 Å². The maximum Gasteiger partial charge on any atom is 0.272 e. The summed E-state index contributed by atoms with van der Waals surface area (Å²) in [6.45, 7) is 1.91. The fourth-order valence-electron chi connectivity index (χ4n) is 2.70. The highest BCUT2D eigenvalue weighted by atomic mass is 31.2. The molecule has 22 heavy (non-hydrogen) atoms. The second-order valence-electron chi connectivity index (χ2n) is 5.49. The van der Waals surface area contributed by atoms with E-state index in [0.29, 0.717) is 0 Å². The van der Waals surface area contributed by atoms with Gasteiger partial charge < -0.3 is 9.88 Å². The first-order valence-electron chi connectivity index (χ1n) is 7.25. The molecule has 0 fully saturated rings. The predicted molar refractivity (Wildman–Crippen MR) is 89.8 cm³/mol. The van der Waals surface area contributed by atoms with Gasteiger partial charge in [-0.25, -0.2) is 5.09 Å². The van der Waals surface area contributed by atoms with E-state index in [9.17, 15) is 9.46 Å². The van der Waals surface area contributed by atoms with Gasteiger partial charge in [-0.1, -0.05) is 48.5 Å². The highest BCUT2D eigenvalue weighted by molar-refractivity contribution is 7.55. The number of fused-ring (bicyclic) bond motifs is 1. The van der Waals surface area contributed by atoms with Crippen LogP contribution in [0.4, 0.5) is 0 Å². The summed E-state index contributed by atoms with van der Waals surface area (Å²) in [7, 11) is -3.45. The first kappa shape index (κ1) is 15.0. The Kier molecular flexibility index (Phi) is 4.16. The molecule has 0 aliphatic carbocycles. The predicted octanol–water partition coefficient (Wildman–Crippen LogP) is 4.20. The summed E-state index contributed by atoms with van der Waals surface area (Å²) in [5.41, 5.74) is 2.88. The van der Waals surface area contributed by atoms with E-state index in [0.717, 1.165) is 22.0 Å². The van der Waals surface area contributed by atoms with Gasteiger partial charge in [0.1, 0.15) is 0 Å². The van der Waals surface area contributed by atoms with Crippen molar-refractivity contribution in [2.45, 2.75) is 19.1 Å². The smallest absolute Gasteiger partial charge is 0.272 e. The molecule has 3 N–H and O–H groups in total. The Balaban J connectivity index is 1.78. The molecule has 2 atom stereocenters. The van der Waals surface area contributed by atoms with Gasteiger partial charge in [0, 0.05) is 23.1 Å². The second-order valence-corrected chi connectivity index (χ2v) is 7.46. The molecule has 114 valence electrons. The van der Waals surface area contributed by atoms with Crippen LogP contribution >= 0.6 is 7.52 Å². The highest BCUT2D eigenvalue weighted by Crippen LogP contribution is 2.43. The molecule has 0 radical (unpaired) electrons. The molecule has 2 aromatic carbocycles. The first-order chi connectivity index (χ1) is 10.6. The van der Waals surface area contributed by atoms with Gasteiger partial charge in [0.25, 0.3) is 7.52 Å². The zero-order chi connectivity index (χ0) is 15.6. The van der Waals surface area contributed by atoms with Crippen molar-refractivity contribution < 1.29 is 9.46 Å². The fourth-order valence-corrected chi connectivity index (χ4v) is 4.24. The number of hydrogen-bond donors (Lipinski definition) is 3. The van der Waals surface area contributed by atoms with Crippen LogP contribution in [-0.4, -0.2) is 9.88 Å². The maximum atomic E-state index is 12.5. The van der Waals surface area contributed by atoms with E-state index in [-0.39, 0.29) is 12.2 Å². The highest BCUT2D eigenvalue weighted by Gasteiger charge is 2.23. The number of para-hydroxylation sites is 1. The number of rotatable bonds is 5. The molecule has 3 rings (SSSR count). The van der Waals surface area contributed by atoms with Crippen LogP contribution in [-0.2, 0) is 10.7 Å². The molecule has 1 heterocycles. The molecule has 1 aromatic heterocycles. The molecule has 2 unspecified atom stereocenters. The average Bonchev–Trinajstić information content (AvgIpc) is 2.91. The number of hydrogen-bond acceptors (Lipinski definition) is 1. The third kappa shape index (κ3) is 3.30. The molecule has 0 spiro atoms. The molecule has 3 aromatic rings. The van der Waals surface area contributed by atoms with Gasteiger partial charge in [0.05, 0.1) is 6.16 Å². The minimum absolute atomic E-state index is 0.126. The maximum absolute atomic E-state index is 12.5. The summed E-state index contributed by atoms with van der Waals surface area (Å²) in [4.78, 5) is 13.4. The van der Waals surface area contributed by atoms with Crippen molar-refractivity contribution >= 4 is 18.4 Å². The van der Waals surface area contributed by atoms with Gasteiger partial charge in [-0.2, -0.15) is 0 Å². The van der Waals surface area contributed by atoms with Crippen molar-refractivity contribution in [2.24, 2.45) is 0 Å². The van der Waals surface area contributed by atoms with Crippen LogP contribution in [0.15, 0.2) is 60.8 Å². The van der Waals surface area contributed by atoms with Crippen molar-refractivity contribution in [1.82, 2.24) is 10.1 Å². The number of benzene rings is 2. The molecule has 0 bridgehead atoms. The number of aromatic nitrogens is 1. The van der Waals surface area contributed by atoms with E-state index in [1.165, 1.54) is 0 Å². The zero-order valence-electron chi connectivity index (χ0n) is 12.4. The van der Waals surface area contributed by atoms with Gasteiger partial charge in [0.15, 0.2) is 0 Å². The topological polar surface area (TPSA) is 65.1 Å². The van der Waals surface area contributed by atoms with Gasteiger partial charge in [-0.15, -0.1) is 0 Å². The van der Waals surface area contributed by atoms with E-state index in [1.807, 2.05) is 67.7 Å². The Morgan fingerprint density at radius 1 is 1.14 bits per heavy atom. The Morgan fingerprint density at radius 3 is 2.59 bits per heavy atom. The molecule has 0 aliphatic heterocycles. The quantitative estimate of drug-likeness (QED) is 0.618. The molecule has 0 saturated heterocycles. The van der Waals surface area contributed by atoms with Crippen LogP contribution in [0.3, 0.4) is 0 Å². The number of H-pyrrole nitrogens is 1. The largest absolute Gasteiger partial charge is 0.361 e. The molecule has 0 saturated carbocycles. The Labute approximate surface area is 129 Å². The van der Waals surface area contributed by atoms with Crippen LogP contribution in [0.1, 0.15) is 24.1 Å². The van der Waals surface area contributed by atoms with E-state index >= 15 is 0 Å². The third-order valence-corrected chi connectivity index (χ3v) is 5.31. The Hall–Kier alpha value is -1.87. The van der Waals surface area contributed by atoms with Gasteiger partial charge >= 0.3 is 0 Å². The van der Waals surface area contributed by atoms with Crippen LogP contribution < -0.4 is 5.09 Å². The summed E-state index contributed by atoms with van der Waals surface area (Å²) in [6, 6.07) is 17.1. The van der Waals surface area contributed by atoms with Gasteiger partial charge in [0.2, 0.25) is 0 Å². The van der Waals surface area contributed by atoms with Crippen molar-refractivity contribution in [2.75, 3.05) is 0 Å². The van der Waals surface area contributed by atoms with Crippen molar-refractivity contribution in [3.8, 4) is 0 Å². The lowest BCUT2D eigenvalue weighted by Crippen LogP contribution is -2.16. The molecular weight excluding hydrogens is 295 g/mol. The van der Waals surface area contributed by atoms with E-state index in [2.05, 4.69) is 10.1 Å². The molecule has 5 heteroatoms. The zero-order valence-corrected chi connectivity index (χ0v) is 13.3. The van der Waals surface area contributed by atoms with E-state index in [4.69, 9.17) is 0 Å². The summed E-state index contributed by atoms with van der Waals surface area (Å²) >= 11 is 0. The standard InChI is InChI=1S/C17H19N2O2P/c1-13(16-11-18-17-10-6-5-9-15(16)17)19-22(20,21)12-14-7-3-2-4-8-14/h2-11,13,18H,12H2,1H3,(H2,19,20,21). The second kappa shape index (κ2) is 6.09. The molecular formula is C17H19N2O2P. The van der Waals surface area contributed by atoms with Crippen molar-refractivity contribution in [3.05, 3.63) is 71.9 Å². The van der Waals surface area contributed by atoms with Crippen LogP contribution in [0.5, 0.6) is 0 Å². The van der Waals surface area contributed by atoms with Gasteiger partial charge in [-0.05, 0) is 24.1 Å². The van der Waals surface area contributed by atoms with E-state index in [1.54, 1.807) is 0 Å². The summed E-state index contributed by atoms with van der Waals surface area (Å²) in [6.07, 6.45) is 2.02. The molecule has 0 amide bonds. The van der Waals surface area contributed by atoms with Gasteiger partial charge in [-0.3, -0.25) is 4.57 Å². The van der Waals surface area contributed by atoms with Crippen LogP contribution in [0.2, 0.25) is 0 Å². The monoisotopic (exact) mass is 314 g/mol. The third-order valence-electron chi connectivity index (χ3n) is 3.72. The lowest BCUT2D eigenvalue weighted by atomic mass is 10.1. The Morgan fingerprint density at radius 2 is 1.82 bits per heavy atom. The SMILES string of the molecule is CC(NP(=O)(O)Cc1ccccc1)c1c[nH]c2ccccc12. The number of aromatic amines is 1. The summed E-state index contributed by atoms with van der Waals surface area (Å²) in [5.74, 6) is 0. The Bertz CT molecular complexity index is 814. The summed E-state index contributed by atoms with van der Waals surface area (Å²) in [5, 5.41) is 3.96. The molecule has 4 nitrogen and oxygen atoms in total. The lowest BCUT2D eigenvalue weighted by Gasteiger charge is -2.19. The van der Waals surface area contributed by atoms with Crippen LogP contribution in [0, 0.1) is 0 Å². The minimum Gasteiger partial charge on any atom is -0.361 e. The van der Waals surface area contributed by atoms with Crippen molar-refractivity contribution in [1.29, 1.82) is 0 Å². The fraction of sp³-hybridized carbons (Fsp3) is 0.176. The summed E-state index contributed by atoms with van der Waals surface area (Å²) < 4.78 is 12.5. The normalized spacial score (nSPS) is 15.5. The minimum atomic E-state index is -3.45. The van der Waals surface area contributed by atoms with Crippen LogP contribution in [0.25, 0.3) is 10.9 Å². The van der Waals surface area contributed by atoms with E-state index < -0.39 is 7.52 Å². The average molecular weight is 314 g/mol. The number of nitrogens with one attached hydrogen (secondary N) is 2. The molecule has 0 aliphatic rings.